The first-order valence-corrected chi connectivity index (χ1v) is 6.21. The molecule has 6 nitrogen and oxygen atoms in total. The Hall–Kier alpha value is -2.39. The van der Waals surface area contributed by atoms with Crippen LogP contribution in [0.3, 0.4) is 0 Å². The Labute approximate surface area is 117 Å². The molecule has 0 aliphatic heterocycles. The summed E-state index contributed by atoms with van der Waals surface area (Å²) in [5.41, 5.74) is 5.96. The molecule has 1 aromatic heterocycles. The standard InChI is InChI=1S/C14H17N3O3/c1-2-17(10-13(15)19)14(20)12-6-7-16-9-11(12)5-3-4-8-18/h6-7,9,18H,2,4,8,10H2,1H3,(H2,15,19). The SMILES string of the molecule is CCN(CC(N)=O)C(=O)c1ccncc1C#CCCO. The number of nitrogens with two attached hydrogens (primary N) is 1. The van der Waals surface area contributed by atoms with Gasteiger partial charge in [0.25, 0.3) is 5.91 Å². The molecule has 3 N–H and O–H groups in total. The summed E-state index contributed by atoms with van der Waals surface area (Å²) in [6.07, 6.45) is 3.29. The predicted molar refractivity (Wildman–Crippen MR) is 73.6 cm³/mol. The highest BCUT2D eigenvalue weighted by Gasteiger charge is 2.18. The van der Waals surface area contributed by atoms with Gasteiger partial charge in [0, 0.05) is 25.4 Å². The van der Waals surface area contributed by atoms with E-state index in [1.54, 1.807) is 13.0 Å². The van der Waals surface area contributed by atoms with Crippen LogP contribution in [0.1, 0.15) is 29.3 Å². The fourth-order valence-electron chi connectivity index (χ4n) is 1.58. The molecule has 1 rings (SSSR count). The van der Waals surface area contributed by atoms with Crippen LogP contribution in [-0.4, -0.2) is 46.5 Å². The molecule has 0 aliphatic rings. The first-order valence-electron chi connectivity index (χ1n) is 6.21. The quantitative estimate of drug-likeness (QED) is 0.725. The minimum Gasteiger partial charge on any atom is -0.395 e. The van der Waals surface area contributed by atoms with Gasteiger partial charge in [0.1, 0.15) is 0 Å². The van der Waals surface area contributed by atoms with Crippen LogP contribution < -0.4 is 5.73 Å². The Bertz CT molecular complexity index is 546. The molecule has 2 amide bonds. The molecule has 20 heavy (non-hydrogen) atoms. The summed E-state index contributed by atoms with van der Waals surface area (Å²) in [7, 11) is 0. The maximum absolute atomic E-state index is 12.3. The van der Waals surface area contributed by atoms with Gasteiger partial charge in [-0.3, -0.25) is 14.6 Å². The van der Waals surface area contributed by atoms with Crippen molar-refractivity contribution in [1.29, 1.82) is 0 Å². The molecule has 0 spiro atoms. The van der Waals surface area contributed by atoms with Crippen LogP contribution in [0.15, 0.2) is 18.5 Å². The smallest absolute Gasteiger partial charge is 0.255 e. The summed E-state index contributed by atoms with van der Waals surface area (Å²) in [6, 6.07) is 1.55. The van der Waals surface area contributed by atoms with E-state index in [-0.39, 0.29) is 19.1 Å². The van der Waals surface area contributed by atoms with Gasteiger partial charge in [-0.1, -0.05) is 11.8 Å². The topological polar surface area (TPSA) is 96.5 Å². The number of aliphatic hydroxyl groups is 1. The van der Waals surface area contributed by atoms with Gasteiger partial charge in [-0.15, -0.1) is 0 Å². The highest BCUT2D eigenvalue weighted by Crippen LogP contribution is 2.09. The molecule has 0 bridgehead atoms. The monoisotopic (exact) mass is 275 g/mol. The second kappa shape index (κ2) is 7.92. The number of likely N-dealkylation sites (N-methyl/N-ethyl adjacent to an activating group) is 1. The number of hydrogen-bond acceptors (Lipinski definition) is 4. The van der Waals surface area contributed by atoms with Gasteiger partial charge in [0.05, 0.1) is 24.3 Å². The van der Waals surface area contributed by atoms with E-state index in [0.717, 1.165) is 0 Å². The molecule has 0 atom stereocenters. The van der Waals surface area contributed by atoms with Gasteiger partial charge in [-0.25, -0.2) is 0 Å². The summed E-state index contributed by atoms with van der Waals surface area (Å²) in [5, 5.41) is 8.70. The maximum Gasteiger partial charge on any atom is 0.255 e. The van der Waals surface area contributed by atoms with Crippen molar-refractivity contribution in [3.8, 4) is 11.8 Å². The third-order valence-electron chi connectivity index (χ3n) is 2.53. The Morgan fingerprint density at radius 2 is 2.25 bits per heavy atom. The average Bonchev–Trinajstić information content (AvgIpc) is 2.44. The molecule has 0 radical (unpaired) electrons. The van der Waals surface area contributed by atoms with Gasteiger partial charge in [0.2, 0.25) is 5.91 Å². The zero-order valence-corrected chi connectivity index (χ0v) is 11.3. The number of carbonyl (C=O) groups is 2. The third-order valence-corrected chi connectivity index (χ3v) is 2.53. The largest absolute Gasteiger partial charge is 0.395 e. The zero-order chi connectivity index (χ0) is 15.0. The second-order valence-corrected chi connectivity index (χ2v) is 3.98. The van der Waals surface area contributed by atoms with Crippen LogP contribution in [-0.2, 0) is 4.79 Å². The summed E-state index contributed by atoms with van der Waals surface area (Å²) in [6.45, 7) is 1.95. The molecule has 0 saturated carbocycles. The van der Waals surface area contributed by atoms with E-state index >= 15 is 0 Å². The van der Waals surface area contributed by atoms with Crippen molar-refractivity contribution in [2.45, 2.75) is 13.3 Å². The van der Waals surface area contributed by atoms with E-state index in [4.69, 9.17) is 10.8 Å². The van der Waals surface area contributed by atoms with Gasteiger partial charge in [0.15, 0.2) is 0 Å². The highest BCUT2D eigenvalue weighted by atomic mass is 16.2. The van der Waals surface area contributed by atoms with Crippen LogP contribution in [0, 0.1) is 11.8 Å². The van der Waals surface area contributed by atoms with Crippen molar-refractivity contribution in [1.82, 2.24) is 9.88 Å². The number of amides is 2. The minimum absolute atomic E-state index is 0.0424. The van der Waals surface area contributed by atoms with Crippen molar-refractivity contribution in [3.05, 3.63) is 29.6 Å². The maximum atomic E-state index is 12.3. The predicted octanol–water partition coefficient (Wildman–Crippen LogP) is -0.237. The fourth-order valence-corrected chi connectivity index (χ4v) is 1.58. The molecule has 1 aromatic rings. The minimum atomic E-state index is -0.567. The lowest BCUT2D eigenvalue weighted by atomic mass is 10.1. The number of nitrogens with zero attached hydrogens (tertiary/aromatic N) is 2. The second-order valence-electron chi connectivity index (χ2n) is 3.98. The molecule has 0 unspecified atom stereocenters. The van der Waals surface area contributed by atoms with Gasteiger partial charge in [-0.05, 0) is 13.0 Å². The van der Waals surface area contributed by atoms with Crippen molar-refractivity contribution in [3.63, 3.8) is 0 Å². The van der Waals surface area contributed by atoms with Gasteiger partial charge >= 0.3 is 0 Å². The molecule has 0 fully saturated rings. The number of hydrogen-bond donors (Lipinski definition) is 2. The number of pyridine rings is 1. The van der Waals surface area contributed by atoms with Crippen molar-refractivity contribution in [2.75, 3.05) is 19.7 Å². The molecule has 0 aliphatic carbocycles. The number of primary amides is 1. The van der Waals surface area contributed by atoms with Gasteiger partial charge < -0.3 is 15.7 Å². The first kappa shape index (κ1) is 15.7. The van der Waals surface area contributed by atoms with E-state index in [1.807, 2.05) is 0 Å². The van der Waals surface area contributed by atoms with Crippen LogP contribution >= 0.6 is 0 Å². The van der Waals surface area contributed by atoms with Crippen LogP contribution in [0.25, 0.3) is 0 Å². The first-order chi connectivity index (χ1) is 9.60. The Kier molecular flexibility index (Phi) is 6.20. The van der Waals surface area contributed by atoms with E-state index in [0.29, 0.717) is 24.1 Å². The Morgan fingerprint density at radius 3 is 2.85 bits per heavy atom. The van der Waals surface area contributed by atoms with Crippen LogP contribution in [0.4, 0.5) is 0 Å². The van der Waals surface area contributed by atoms with E-state index < -0.39 is 5.91 Å². The van der Waals surface area contributed by atoms with Crippen molar-refractivity contribution >= 4 is 11.8 Å². The third kappa shape index (κ3) is 4.37. The van der Waals surface area contributed by atoms with Crippen molar-refractivity contribution in [2.24, 2.45) is 5.73 Å². The lowest BCUT2D eigenvalue weighted by Gasteiger charge is -2.19. The van der Waals surface area contributed by atoms with E-state index in [9.17, 15) is 9.59 Å². The van der Waals surface area contributed by atoms with Gasteiger partial charge in [-0.2, -0.15) is 0 Å². The normalized spacial score (nSPS) is 9.50. The summed E-state index contributed by atoms with van der Waals surface area (Å²) in [4.78, 5) is 28.6. The van der Waals surface area contributed by atoms with Crippen LogP contribution in [0.2, 0.25) is 0 Å². The number of rotatable bonds is 5. The number of carbonyl (C=O) groups excluding carboxylic acids is 2. The fraction of sp³-hybridized carbons (Fsp3) is 0.357. The number of aliphatic hydroxyl groups excluding tert-OH is 1. The zero-order valence-electron chi connectivity index (χ0n) is 11.3. The average molecular weight is 275 g/mol. The van der Waals surface area contributed by atoms with E-state index in [1.165, 1.54) is 17.3 Å². The van der Waals surface area contributed by atoms with Crippen LogP contribution in [0.5, 0.6) is 0 Å². The Balaban J connectivity index is 3.03. The molecular formula is C14H17N3O3. The molecular weight excluding hydrogens is 258 g/mol. The number of aromatic nitrogens is 1. The molecule has 106 valence electrons. The highest BCUT2D eigenvalue weighted by molar-refractivity contribution is 5.98. The summed E-state index contributed by atoms with van der Waals surface area (Å²) in [5.74, 6) is 4.65. The summed E-state index contributed by atoms with van der Waals surface area (Å²) >= 11 is 0. The van der Waals surface area contributed by atoms with Crippen molar-refractivity contribution < 1.29 is 14.7 Å². The van der Waals surface area contributed by atoms with E-state index in [2.05, 4.69) is 16.8 Å². The lowest BCUT2D eigenvalue weighted by molar-refractivity contribution is -0.118. The molecule has 1 heterocycles. The lowest BCUT2D eigenvalue weighted by Crippen LogP contribution is -2.38. The molecule has 6 heteroatoms. The molecule has 0 aromatic carbocycles. The summed E-state index contributed by atoms with van der Waals surface area (Å²) < 4.78 is 0. The Morgan fingerprint density at radius 1 is 1.50 bits per heavy atom. The molecule has 0 saturated heterocycles.